The minimum absolute atomic E-state index is 0.0136. The first-order chi connectivity index (χ1) is 7.56. The van der Waals surface area contributed by atoms with E-state index in [2.05, 4.69) is 15.9 Å². The first-order valence-electron chi connectivity index (χ1n) is 4.67. The molecule has 0 amide bonds. The summed E-state index contributed by atoms with van der Waals surface area (Å²) >= 11 is 3.35. The van der Waals surface area contributed by atoms with Crippen molar-refractivity contribution in [3.63, 3.8) is 0 Å². The van der Waals surface area contributed by atoms with E-state index >= 15 is 0 Å². The molecule has 0 N–H and O–H groups in total. The van der Waals surface area contributed by atoms with Crippen LogP contribution in [0.2, 0.25) is 0 Å². The molecular formula is C10H9BrN2O3. The number of rotatable bonds is 2. The van der Waals surface area contributed by atoms with Crippen LogP contribution in [-0.4, -0.2) is 23.2 Å². The number of carbonyl (C=O) groups excluding carboxylic acids is 1. The highest BCUT2D eigenvalue weighted by molar-refractivity contribution is 9.10. The molecule has 1 heterocycles. The standard InChI is InChI=1S/C10H9BrN2O3/c1-12-4-6-7(11)2-3-8(13(15)16)10(6)9(12)5-14/h2-3,5,9H,4H2,1H3. The Bertz CT molecular complexity index is 475. The highest BCUT2D eigenvalue weighted by Crippen LogP contribution is 2.40. The monoisotopic (exact) mass is 284 g/mol. The summed E-state index contributed by atoms with van der Waals surface area (Å²) in [5, 5.41) is 10.9. The van der Waals surface area contributed by atoms with Crippen molar-refractivity contribution in [2.24, 2.45) is 0 Å². The number of fused-ring (bicyclic) bond motifs is 1. The highest BCUT2D eigenvalue weighted by Gasteiger charge is 2.35. The number of nitrogens with zero attached hydrogens (tertiary/aromatic N) is 2. The number of nitro groups is 1. The van der Waals surface area contributed by atoms with Gasteiger partial charge in [0.15, 0.2) is 0 Å². The number of carbonyl (C=O) groups is 1. The Labute approximate surface area is 100 Å². The molecule has 16 heavy (non-hydrogen) atoms. The topological polar surface area (TPSA) is 63.4 Å². The van der Waals surface area contributed by atoms with E-state index in [1.165, 1.54) is 6.07 Å². The van der Waals surface area contributed by atoms with Crippen LogP contribution in [0.4, 0.5) is 5.69 Å². The lowest BCUT2D eigenvalue weighted by atomic mass is 10.0. The Morgan fingerprint density at radius 2 is 2.31 bits per heavy atom. The van der Waals surface area contributed by atoms with Gasteiger partial charge in [0.05, 0.1) is 16.5 Å². The minimum atomic E-state index is -0.520. The zero-order valence-electron chi connectivity index (χ0n) is 8.51. The Morgan fingerprint density at radius 3 is 2.88 bits per heavy atom. The zero-order chi connectivity index (χ0) is 11.9. The van der Waals surface area contributed by atoms with Crippen LogP contribution < -0.4 is 0 Å². The normalized spacial score (nSPS) is 19.5. The fourth-order valence-electron chi connectivity index (χ4n) is 2.02. The largest absolute Gasteiger partial charge is 0.301 e. The number of benzene rings is 1. The van der Waals surface area contributed by atoms with Gasteiger partial charge in [0.25, 0.3) is 5.69 Å². The first kappa shape index (κ1) is 11.2. The average Bonchev–Trinajstić information content (AvgIpc) is 2.55. The molecule has 84 valence electrons. The molecule has 1 aromatic carbocycles. The van der Waals surface area contributed by atoms with E-state index < -0.39 is 11.0 Å². The third kappa shape index (κ3) is 1.54. The van der Waals surface area contributed by atoms with Crippen molar-refractivity contribution >= 4 is 27.9 Å². The van der Waals surface area contributed by atoms with Crippen LogP contribution in [0.1, 0.15) is 17.2 Å². The number of nitro benzene ring substituents is 1. The summed E-state index contributed by atoms with van der Waals surface area (Å²) in [5.74, 6) is 0. The highest BCUT2D eigenvalue weighted by atomic mass is 79.9. The van der Waals surface area contributed by atoms with Gasteiger partial charge >= 0.3 is 0 Å². The van der Waals surface area contributed by atoms with E-state index in [9.17, 15) is 14.9 Å². The number of halogens is 1. The Hall–Kier alpha value is -1.27. The molecule has 0 bridgehead atoms. The molecule has 6 heteroatoms. The molecule has 1 atom stereocenters. The molecule has 0 aliphatic carbocycles. The summed E-state index contributed by atoms with van der Waals surface area (Å²) in [4.78, 5) is 23.2. The Morgan fingerprint density at radius 1 is 1.62 bits per heavy atom. The molecule has 0 radical (unpaired) electrons. The van der Waals surface area contributed by atoms with Crippen molar-refractivity contribution in [2.45, 2.75) is 12.6 Å². The molecule has 1 aliphatic rings. The number of hydrogen-bond donors (Lipinski definition) is 0. The quantitative estimate of drug-likeness (QED) is 0.474. The van der Waals surface area contributed by atoms with Gasteiger partial charge in [-0.05, 0) is 18.7 Å². The first-order valence-corrected chi connectivity index (χ1v) is 5.46. The molecule has 0 aromatic heterocycles. The Balaban J connectivity index is 2.68. The van der Waals surface area contributed by atoms with Crippen LogP contribution in [0.25, 0.3) is 0 Å². The van der Waals surface area contributed by atoms with E-state index in [0.29, 0.717) is 12.1 Å². The van der Waals surface area contributed by atoms with Crippen LogP contribution in [0, 0.1) is 10.1 Å². The van der Waals surface area contributed by atoms with Crippen molar-refractivity contribution in [3.05, 3.63) is 37.8 Å². The van der Waals surface area contributed by atoms with Gasteiger partial charge < -0.3 is 4.79 Å². The smallest absolute Gasteiger partial charge is 0.275 e. The van der Waals surface area contributed by atoms with E-state index in [1.807, 2.05) is 0 Å². The van der Waals surface area contributed by atoms with Crippen molar-refractivity contribution in [3.8, 4) is 0 Å². The number of aldehydes is 1. The third-order valence-corrected chi connectivity index (χ3v) is 3.52. The molecule has 1 unspecified atom stereocenters. The van der Waals surface area contributed by atoms with Crippen LogP contribution in [0.5, 0.6) is 0 Å². The lowest BCUT2D eigenvalue weighted by Gasteiger charge is -2.12. The predicted molar refractivity (Wildman–Crippen MR) is 61.1 cm³/mol. The SMILES string of the molecule is CN1Cc2c(Br)ccc([N+](=O)[O-])c2C1C=O. The molecule has 5 nitrogen and oxygen atoms in total. The Kier molecular flexibility index (Phi) is 2.77. The fraction of sp³-hybridized carbons (Fsp3) is 0.300. The second-order valence-electron chi connectivity index (χ2n) is 3.71. The van der Waals surface area contributed by atoms with Gasteiger partial charge in [-0.15, -0.1) is 0 Å². The zero-order valence-corrected chi connectivity index (χ0v) is 10.1. The van der Waals surface area contributed by atoms with E-state index in [-0.39, 0.29) is 5.69 Å². The van der Waals surface area contributed by atoms with Crippen molar-refractivity contribution in [1.29, 1.82) is 0 Å². The molecule has 0 saturated carbocycles. The van der Waals surface area contributed by atoms with Crippen LogP contribution >= 0.6 is 15.9 Å². The van der Waals surface area contributed by atoms with E-state index in [1.54, 1.807) is 18.0 Å². The van der Waals surface area contributed by atoms with E-state index in [4.69, 9.17) is 0 Å². The van der Waals surface area contributed by atoms with Crippen molar-refractivity contribution in [2.75, 3.05) is 7.05 Å². The molecular weight excluding hydrogens is 276 g/mol. The van der Waals surface area contributed by atoms with Crippen LogP contribution in [0.3, 0.4) is 0 Å². The third-order valence-electron chi connectivity index (χ3n) is 2.78. The number of hydrogen-bond acceptors (Lipinski definition) is 4. The summed E-state index contributed by atoms with van der Waals surface area (Å²) in [6.07, 6.45) is 0.741. The van der Waals surface area contributed by atoms with Gasteiger partial charge in [-0.3, -0.25) is 15.0 Å². The molecule has 1 aromatic rings. The van der Waals surface area contributed by atoms with Crippen molar-refractivity contribution in [1.82, 2.24) is 4.90 Å². The molecule has 2 rings (SSSR count). The lowest BCUT2D eigenvalue weighted by molar-refractivity contribution is -0.385. The second-order valence-corrected chi connectivity index (χ2v) is 4.57. The number of likely N-dealkylation sites (N-methyl/N-ethyl adjacent to an activating group) is 1. The summed E-state index contributed by atoms with van der Waals surface area (Å²) in [6, 6.07) is 2.56. The second kappa shape index (κ2) is 3.95. The molecule has 0 fully saturated rings. The van der Waals surface area contributed by atoms with Crippen LogP contribution in [0.15, 0.2) is 16.6 Å². The summed E-state index contributed by atoms with van der Waals surface area (Å²) in [6.45, 7) is 0.543. The van der Waals surface area contributed by atoms with Gasteiger partial charge in [-0.25, -0.2) is 0 Å². The summed E-state index contributed by atoms with van der Waals surface area (Å²) in [7, 11) is 1.77. The fourth-order valence-corrected chi connectivity index (χ4v) is 2.49. The van der Waals surface area contributed by atoms with Gasteiger partial charge in [0, 0.05) is 17.1 Å². The summed E-state index contributed by atoms with van der Waals surface area (Å²) in [5.41, 5.74) is 1.35. The van der Waals surface area contributed by atoms with E-state index in [0.717, 1.165) is 16.3 Å². The maximum Gasteiger partial charge on any atom is 0.275 e. The van der Waals surface area contributed by atoms with Crippen LogP contribution in [-0.2, 0) is 11.3 Å². The summed E-state index contributed by atoms with van der Waals surface area (Å²) < 4.78 is 0.810. The maximum absolute atomic E-state index is 11.0. The van der Waals surface area contributed by atoms with Gasteiger partial charge in [0.2, 0.25) is 0 Å². The molecule has 0 spiro atoms. The molecule has 0 saturated heterocycles. The van der Waals surface area contributed by atoms with Crippen molar-refractivity contribution < 1.29 is 9.72 Å². The van der Waals surface area contributed by atoms with Gasteiger partial charge in [-0.2, -0.15) is 0 Å². The minimum Gasteiger partial charge on any atom is -0.301 e. The maximum atomic E-state index is 11.0. The van der Waals surface area contributed by atoms with Gasteiger partial charge in [0.1, 0.15) is 6.29 Å². The lowest BCUT2D eigenvalue weighted by Crippen LogP contribution is -2.17. The average molecular weight is 285 g/mol. The molecule has 1 aliphatic heterocycles. The predicted octanol–water partition coefficient (Wildman–Crippen LogP) is 2.04. The van der Waals surface area contributed by atoms with Gasteiger partial charge in [-0.1, -0.05) is 15.9 Å².